The van der Waals surface area contributed by atoms with Crippen molar-refractivity contribution in [1.29, 1.82) is 0 Å². The maximum atomic E-state index is 5.23. The van der Waals surface area contributed by atoms with Crippen molar-refractivity contribution in [3.63, 3.8) is 0 Å². The molecule has 1 heterocycles. The van der Waals surface area contributed by atoms with Gasteiger partial charge in [0.05, 0.1) is 5.52 Å². The van der Waals surface area contributed by atoms with Gasteiger partial charge < -0.3 is 14.6 Å². The first kappa shape index (κ1) is 13.1. The van der Waals surface area contributed by atoms with E-state index in [2.05, 4.69) is 54.2 Å². The second-order valence-corrected chi connectivity index (χ2v) is 5.08. The molecule has 18 heavy (non-hydrogen) atoms. The molecule has 0 saturated carbocycles. The van der Waals surface area contributed by atoms with Gasteiger partial charge in [-0.05, 0) is 29.5 Å². The van der Waals surface area contributed by atoms with Crippen LogP contribution in [-0.4, -0.2) is 18.2 Å². The summed E-state index contributed by atoms with van der Waals surface area (Å²) in [4.78, 5) is 0. The summed E-state index contributed by atoms with van der Waals surface area (Å²) in [6, 6.07) is 8.58. The standard InChI is InChI=1S/C15H22N2O/c1-12(2)9-16-10-14-6-4-5-13-7-8-17(11-18-3)15(13)14/h4-8,12,16H,9-11H2,1-3H3. The zero-order valence-electron chi connectivity index (χ0n) is 11.4. The zero-order chi connectivity index (χ0) is 13.0. The largest absolute Gasteiger partial charge is 0.364 e. The normalized spacial score (nSPS) is 11.6. The summed E-state index contributed by atoms with van der Waals surface area (Å²) in [5, 5.41) is 4.77. The summed E-state index contributed by atoms with van der Waals surface area (Å²) in [6.45, 7) is 7.00. The molecule has 3 heteroatoms. The van der Waals surface area contributed by atoms with Gasteiger partial charge >= 0.3 is 0 Å². The van der Waals surface area contributed by atoms with Crippen molar-refractivity contribution in [2.75, 3.05) is 13.7 Å². The molecule has 0 atom stereocenters. The molecule has 1 aromatic carbocycles. The first-order valence-corrected chi connectivity index (χ1v) is 6.48. The molecular formula is C15H22N2O. The molecule has 2 rings (SSSR count). The molecule has 0 fully saturated rings. The van der Waals surface area contributed by atoms with Gasteiger partial charge in [0.2, 0.25) is 0 Å². The Kier molecular flexibility index (Phi) is 4.39. The molecule has 2 aromatic rings. The molecular weight excluding hydrogens is 224 g/mol. The fourth-order valence-corrected chi connectivity index (χ4v) is 2.23. The predicted molar refractivity (Wildman–Crippen MR) is 75.5 cm³/mol. The van der Waals surface area contributed by atoms with Gasteiger partial charge in [0.15, 0.2) is 0 Å². The van der Waals surface area contributed by atoms with Crippen LogP contribution in [0.15, 0.2) is 30.5 Å². The van der Waals surface area contributed by atoms with Gasteiger partial charge in [-0.15, -0.1) is 0 Å². The monoisotopic (exact) mass is 246 g/mol. The molecule has 0 unspecified atom stereocenters. The number of benzene rings is 1. The van der Waals surface area contributed by atoms with Crippen LogP contribution in [0.25, 0.3) is 10.9 Å². The lowest BCUT2D eigenvalue weighted by Crippen LogP contribution is -2.19. The van der Waals surface area contributed by atoms with Crippen LogP contribution in [0, 0.1) is 5.92 Å². The van der Waals surface area contributed by atoms with Crippen LogP contribution >= 0.6 is 0 Å². The van der Waals surface area contributed by atoms with Crippen LogP contribution in [0.4, 0.5) is 0 Å². The number of ether oxygens (including phenoxy) is 1. The lowest BCUT2D eigenvalue weighted by molar-refractivity contribution is 0.134. The van der Waals surface area contributed by atoms with E-state index in [0.29, 0.717) is 12.6 Å². The molecule has 0 amide bonds. The quantitative estimate of drug-likeness (QED) is 0.848. The van der Waals surface area contributed by atoms with Gasteiger partial charge in [-0.1, -0.05) is 32.0 Å². The Balaban J connectivity index is 2.22. The van der Waals surface area contributed by atoms with E-state index in [1.165, 1.54) is 16.5 Å². The predicted octanol–water partition coefficient (Wildman–Crippen LogP) is 2.99. The maximum absolute atomic E-state index is 5.23. The molecule has 3 nitrogen and oxygen atoms in total. The van der Waals surface area contributed by atoms with E-state index < -0.39 is 0 Å². The SMILES string of the molecule is COCn1ccc2cccc(CNCC(C)C)c21. The third-order valence-corrected chi connectivity index (χ3v) is 3.01. The molecule has 98 valence electrons. The molecule has 0 spiro atoms. The fraction of sp³-hybridized carbons (Fsp3) is 0.467. The maximum Gasteiger partial charge on any atom is 0.122 e. The fourth-order valence-electron chi connectivity index (χ4n) is 2.23. The summed E-state index contributed by atoms with van der Waals surface area (Å²) in [5.74, 6) is 0.676. The van der Waals surface area contributed by atoms with Crippen molar-refractivity contribution in [3.8, 4) is 0 Å². The first-order valence-electron chi connectivity index (χ1n) is 6.48. The number of rotatable bonds is 6. The van der Waals surface area contributed by atoms with Gasteiger partial charge in [0, 0.05) is 19.9 Å². The lowest BCUT2D eigenvalue weighted by Gasteiger charge is -2.11. The van der Waals surface area contributed by atoms with E-state index in [0.717, 1.165) is 13.1 Å². The van der Waals surface area contributed by atoms with E-state index in [9.17, 15) is 0 Å². The van der Waals surface area contributed by atoms with Crippen LogP contribution in [0.2, 0.25) is 0 Å². The topological polar surface area (TPSA) is 26.2 Å². The van der Waals surface area contributed by atoms with Gasteiger partial charge in [-0.2, -0.15) is 0 Å². The van der Waals surface area contributed by atoms with Crippen molar-refractivity contribution < 1.29 is 4.74 Å². The summed E-state index contributed by atoms with van der Waals surface area (Å²) >= 11 is 0. The lowest BCUT2D eigenvalue weighted by atomic mass is 10.1. The second-order valence-electron chi connectivity index (χ2n) is 5.08. The van der Waals surface area contributed by atoms with Gasteiger partial charge in [0.25, 0.3) is 0 Å². The Morgan fingerprint density at radius 3 is 2.83 bits per heavy atom. The molecule has 0 saturated heterocycles. The first-order chi connectivity index (χ1) is 8.72. The molecule has 0 radical (unpaired) electrons. The van der Waals surface area contributed by atoms with E-state index in [1.54, 1.807) is 7.11 Å². The van der Waals surface area contributed by atoms with E-state index >= 15 is 0 Å². The minimum Gasteiger partial charge on any atom is -0.364 e. The number of fused-ring (bicyclic) bond motifs is 1. The van der Waals surface area contributed by atoms with Crippen molar-refractivity contribution in [3.05, 3.63) is 36.0 Å². The highest BCUT2D eigenvalue weighted by Gasteiger charge is 2.06. The Labute approximate surface area is 109 Å². The Bertz CT molecular complexity index is 502. The number of nitrogens with zero attached hydrogens (tertiary/aromatic N) is 1. The average Bonchev–Trinajstić information content (AvgIpc) is 2.74. The van der Waals surface area contributed by atoms with Crippen LogP contribution in [0.1, 0.15) is 19.4 Å². The van der Waals surface area contributed by atoms with Crippen LogP contribution in [0.3, 0.4) is 0 Å². The highest BCUT2D eigenvalue weighted by molar-refractivity contribution is 5.83. The van der Waals surface area contributed by atoms with E-state index in [4.69, 9.17) is 4.74 Å². The Morgan fingerprint density at radius 1 is 1.28 bits per heavy atom. The number of hydrogen-bond donors (Lipinski definition) is 1. The van der Waals surface area contributed by atoms with Crippen LogP contribution < -0.4 is 5.32 Å². The van der Waals surface area contributed by atoms with Gasteiger partial charge in [-0.3, -0.25) is 0 Å². The summed E-state index contributed by atoms with van der Waals surface area (Å²) in [7, 11) is 1.73. The average molecular weight is 246 g/mol. The minimum atomic E-state index is 0.602. The van der Waals surface area contributed by atoms with Crippen molar-refractivity contribution in [2.24, 2.45) is 5.92 Å². The number of methoxy groups -OCH3 is 1. The van der Waals surface area contributed by atoms with Crippen molar-refractivity contribution >= 4 is 10.9 Å². The third-order valence-electron chi connectivity index (χ3n) is 3.01. The highest BCUT2D eigenvalue weighted by atomic mass is 16.5. The van der Waals surface area contributed by atoms with Crippen LogP contribution in [-0.2, 0) is 18.0 Å². The summed E-state index contributed by atoms with van der Waals surface area (Å²) in [6.07, 6.45) is 2.08. The van der Waals surface area contributed by atoms with E-state index in [1.807, 2.05) is 0 Å². The minimum absolute atomic E-state index is 0.602. The van der Waals surface area contributed by atoms with Crippen molar-refractivity contribution in [1.82, 2.24) is 9.88 Å². The number of nitrogens with one attached hydrogen (secondary N) is 1. The summed E-state index contributed by atoms with van der Waals surface area (Å²) in [5.41, 5.74) is 2.60. The molecule has 0 aliphatic rings. The third kappa shape index (κ3) is 2.92. The Hall–Kier alpha value is -1.32. The molecule has 0 aliphatic heterocycles. The summed E-state index contributed by atoms with van der Waals surface area (Å²) < 4.78 is 7.39. The smallest absolute Gasteiger partial charge is 0.122 e. The molecule has 1 N–H and O–H groups in total. The van der Waals surface area contributed by atoms with Gasteiger partial charge in [-0.25, -0.2) is 0 Å². The number of para-hydroxylation sites is 1. The highest BCUT2D eigenvalue weighted by Crippen LogP contribution is 2.20. The van der Waals surface area contributed by atoms with Crippen molar-refractivity contribution in [2.45, 2.75) is 27.1 Å². The van der Waals surface area contributed by atoms with Gasteiger partial charge in [0.1, 0.15) is 6.73 Å². The molecule has 1 aromatic heterocycles. The number of hydrogen-bond acceptors (Lipinski definition) is 2. The molecule has 0 bridgehead atoms. The van der Waals surface area contributed by atoms with E-state index in [-0.39, 0.29) is 0 Å². The zero-order valence-corrected chi connectivity index (χ0v) is 11.4. The van der Waals surface area contributed by atoms with Crippen LogP contribution in [0.5, 0.6) is 0 Å². The number of aromatic nitrogens is 1. The molecule has 0 aliphatic carbocycles. The Morgan fingerprint density at radius 2 is 2.11 bits per heavy atom. The second kappa shape index (κ2) is 6.03.